The molecule has 5 heteroatoms. The maximum absolute atomic E-state index is 4.41. The summed E-state index contributed by atoms with van der Waals surface area (Å²) in [4.78, 5) is 4.41. The van der Waals surface area contributed by atoms with E-state index in [1.807, 2.05) is 4.68 Å². The molecule has 108 valence electrons. The third-order valence-corrected chi connectivity index (χ3v) is 3.97. The van der Waals surface area contributed by atoms with Crippen LogP contribution in [0.1, 0.15) is 44.2 Å². The van der Waals surface area contributed by atoms with Crippen molar-refractivity contribution in [2.24, 2.45) is 0 Å². The zero-order valence-electron chi connectivity index (χ0n) is 12.2. The molecule has 0 spiro atoms. The number of hydrogen-bond donors (Lipinski definition) is 1. The van der Waals surface area contributed by atoms with E-state index in [2.05, 4.69) is 83.0 Å². The fourth-order valence-corrected chi connectivity index (χ4v) is 2.64. The van der Waals surface area contributed by atoms with E-state index in [0.29, 0.717) is 6.04 Å². The molecule has 0 aliphatic carbocycles. The zero-order chi connectivity index (χ0) is 14.5. The van der Waals surface area contributed by atoms with Gasteiger partial charge in [-0.3, -0.25) is 0 Å². The molecule has 4 nitrogen and oxygen atoms in total. The minimum Gasteiger partial charge on any atom is -0.310 e. The molecule has 0 radical (unpaired) electrons. The van der Waals surface area contributed by atoms with Gasteiger partial charge in [0.15, 0.2) is 0 Å². The molecule has 1 atom stereocenters. The third-order valence-electron chi connectivity index (χ3n) is 3.25. The second kappa shape index (κ2) is 7.17. The Morgan fingerprint density at radius 3 is 2.55 bits per heavy atom. The minimum absolute atomic E-state index is 0.277. The molecule has 0 aliphatic rings. The molecule has 1 aromatic heterocycles. The Kier molecular flexibility index (Phi) is 5.54. The standard InChI is InChI=1S/C15H21IN4/c1-4-17-14(12-5-7-13(16)8-6-12)9-15-18-10-19-20(15)11(2)3/h5-8,10-11,14,17H,4,9H2,1-3H3. The lowest BCUT2D eigenvalue weighted by Crippen LogP contribution is -2.24. The molecular weight excluding hydrogens is 363 g/mol. The highest BCUT2D eigenvalue weighted by Gasteiger charge is 2.16. The fourth-order valence-electron chi connectivity index (χ4n) is 2.28. The van der Waals surface area contributed by atoms with Gasteiger partial charge in [-0.25, -0.2) is 9.67 Å². The average Bonchev–Trinajstić information content (AvgIpc) is 2.87. The number of nitrogens with zero attached hydrogens (tertiary/aromatic N) is 3. The number of hydrogen-bond acceptors (Lipinski definition) is 3. The normalized spacial score (nSPS) is 12.8. The highest BCUT2D eigenvalue weighted by molar-refractivity contribution is 14.1. The van der Waals surface area contributed by atoms with Gasteiger partial charge in [0.25, 0.3) is 0 Å². The first-order chi connectivity index (χ1) is 9.61. The Morgan fingerprint density at radius 1 is 1.25 bits per heavy atom. The maximum atomic E-state index is 4.41. The molecule has 0 amide bonds. The quantitative estimate of drug-likeness (QED) is 0.777. The van der Waals surface area contributed by atoms with Crippen molar-refractivity contribution in [3.63, 3.8) is 0 Å². The van der Waals surface area contributed by atoms with E-state index in [-0.39, 0.29) is 6.04 Å². The van der Waals surface area contributed by atoms with Gasteiger partial charge in [0.1, 0.15) is 12.2 Å². The van der Waals surface area contributed by atoms with E-state index in [1.165, 1.54) is 9.13 Å². The Balaban J connectivity index is 2.21. The van der Waals surface area contributed by atoms with Crippen LogP contribution in [0.3, 0.4) is 0 Å². The van der Waals surface area contributed by atoms with Crippen LogP contribution in [-0.2, 0) is 6.42 Å². The fraction of sp³-hybridized carbons (Fsp3) is 0.467. The summed E-state index contributed by atoms with van der Waals surface area (Å²) >= 11 is 2.33. The molecule has 1 N–H and O–H groups in total. The molecule has 0 saturated carbocycles. The first-order valence-electron chi connectivity index (χ1n) is 6.99. The molecule has 0 saturated heterocycles. The first kappa shape index (κ1) is 15.4. The van der Waals surface area contributed by atoms with Gasteiger partial charge in [-0.2, -0.15) is 5.10 Å². The summed E-state index contributed by atoms with van der Waals surface area (Å²) in [5, 5.41) is 7.85. The number of aromatic nitrogens is 3. The van der Waals surface area contributed by atoms with Gasteiger partial charge in [-0.1, -0.05) is 19.1 Å². The number of nitrogens with one attached hydrogen (secondary N) is 1. The second-order valence-corrected chi connectivity index (χ2v) is 6.33. The smallest absolute Gasteiger partial charge is 0.138 e. The predicted octanol–water partition coefficient (Wildman–Crippen LogP) is 3.36. The minimum atomic E-state index is 0.277. The van der Waals surface area contributed by atoms with Crippen molar-refractivity contribution < 1.29 is 0 Å². The third kappa shape index (κ3) is 3.79. The summed E-state index contributed by atoms with van der Waals surface area (Å²) in [6.07, 6.45) is 2.50. The van der Waals surface area contributed by atoms with Crippen molar-refractivity contribution in [3.8, 4) is 0 Å². The number of benzene rings is 1. The zero-order valence-corrected chi connectivity index (χ0v) is 14.3. The number of likely N-dealkylation sites (N-methyl/N-ethyl adjacent to an activating group) is 1. The molecule has 1 heterocycles. The monoisotopic (exact) mass is 384 g/mol. The van der Waals surface area contributed by atoms with Gasteiger partial charge in [-0.05, 0) is 60.7 Å². The van der Waals surface area contributed by atoms with E-state index in [4.69, 9.17) is 0 Å². The lowest BCUT2D eigenvalue weighted by molar-refractivity contribution is 0.468. The topological polar surface area (TPSA) is 42.7 Å². The van der Waals surface area contributed by atoms with Crippen LogP contribution in [0, 0.1) is 3.57 Å². The van der Waals surface area contributed by atoms with E-state index in [0.717, 1.165) is 18.8 Å². The van der Waals surface area contributed by atoms with Crippen molar-refractivity contribution in [2.45, 2.75) is 39.3 Å². The maximum Gasteiger partial charge on any atom is 0.138 e. The molecule has 2 rings (SSSR count). The van der Waals surface area contributed by atoms with Gasteiger partial charge in [0.2, 0.25) is 0 Å². The van der Waals surface area contributed by atoms with Crippen molar-refractivity contribution in [3.05, 3.63) is 45.6 Å². The molecule has 2 aromatic rings. The number of halogens is 1. The second-order valence-electron chi connectivity index (χ2n) is 5.08. The summed E-state index contributed by atoms with van der Waals surface area (Å²) in [5.74, 6) is 1.03. The number of rotatable bonds is 6. The largest absolute Gasteiger partial charge is 0.310 e. The van der Waals surface area contributed by atoms with Crippen LogP contribution in [0.4, 0.5) is 0 Å². The molecule has 0 bridgehead atoms. The summed E-state index contributed by atoms with van der Waals surface area (Å²) in [6.45, 7) is 7.33. The Bertz CT molecular complexity index is 533. The predicted molar refractivity (Wildman–Crippen MR) is 89.7 cm³/mol. The van der Waals surface area contributed by atoms with Crippen LogP contribution in [-0.4, -0.2) is 21.3 Å². The summed E-state index contributed by atoms with van der Waals surface area (Å²) in [7, 11) is 0. The van der Waals surface area contributed by atoms with Crippen LogP contribution in [0.15, 0.2) is 30.6 Å². The van der Waals surface area contributed by atoms with Gasteiger partial charge in [0, 0.05) is 22.1 Å². The van der Waals surface area contributed by atoms with Crippen molar-refractivity contribution >= 4 is 22.6 Å². The summed E-state index contributed by atoms with van der Waals surface area (Å²) < 4.78 is 3.25. The molecule has 0 fully saturated rings. The Hall–Kier alpha value is -0.950. The van der Waals surface area contributed by atoms with Crippen molar-refractivity contribution in [1.29, 1.82) is 0 Å². The molecule has 0 aliphatic heterocycles. The first-order valence-corrected chi connectivity index (χ1v) is 8.07. The SMILES string of the molecule is CCNC(Cc1ncnn1C(C)C)c1ccc(I)cc1. The Labute approximate surface area is 134 Å². The van der Waals surface area contributed by atoms with Crippen molar-refractivity contribution in [2.75, 3.05) is 6.54 Å². The average molecular weight is 384 g/mol. The molecule has 20 heavy (non-hydrogen) atoms. The van der Waals surface area contributed by atoms with Gasteiger partial charge in [-0.15, -0.1) is 0 Å². The lowest BCUT2D eigenvalue weighted by Gasteiger charge is -2.19. The van der Waals surface area contributed by atoms with E-state index in [9.17, 15) is 0 Å². The highest BCUT2D eigenvalue weighted by atomic mass is 127. The van der Waals surface area contributed by atoms with Crippen molar-refractivity contribution in [1.82, 2.24) is 20.1 Å². The molecular formula is C15H21IN4. The lowest BCUT2D eigenvalue weighted by atomic mass is 10.0. The van der Waals surface area contributed by atoms with Gasteiger partial charge >= 0.3 is 0 Å². The van der Waals surface area contributed by atoms with Gasteiger partial charge in [0.05, 0.1) is 0 Å². The van der Waals surface area contributed by atoms with E-state index >= 15 is 0 Å². The van der Waals surface area contributed by atoms with Gasteiger partial charge < -0.3 is 5.32 Å². The van der Waals surface area contributed by atoms with E-state index in [1.54, 1.807) is 6.33 Å². The highest BCUT2D eigenvalue weighted by Crippen LogP contribution is 2.20. The van der Waals surface area contributed by atoms with Crippen LogP contribution >= 0.6 is 22.6 Å². The van der Waals surface area contributed by atoms with Crippen LogP contribution in [0.2, 0.25) is 0 Å². The summed E-state index contributed by atoms with van der Waals surface area (Å²) in [5.41, 5.74) is 1.30. The van der Waals surface area contributed by atoms with Crippen LogP contribution < -0.4 is 5.32 Å². The Morgan fingerprint density at radius 2 is 1.95 bits per heavy atom. The summed E-state index contributed by atoms with van der Waals surface area (Å²) in [6, 6.07) is 9.28. The van der Waals surface area contributed by atoms with Crippen LogP contribution in [0.5, 0.6) is 0 Å². The van der Waals surface area contributed by atoms with E-state index < -0.39 is 0 Å². The molecule has 1 aromatic carbocycles. The molecule has 1 unspecified atom stereocenters. The van der Waals surface area contributed by atoms with Crippen LogP contribution in [0.25, 0.3) is 0 Å².